The van der Waals surface area contributed by atoms with Gasteiger partial charge in [-0.1, -0.05) is 32.0 Å². The molecular weight excluding hydrogens is 354 g/mol. The Kier molecular flexibility index (Phi) is 6.46. The lowest BCUT2D eigenvalue weighted by molar-refractivity contribution is -0.117. The summed E-state index contributed by atoms with van der Waals surface area (Å²) in [7, 11) is 1.81. The Bertz CT molecular complexity index is 837. The van der Waals surface area contributed by atoms with Crippen LogP contribution < -0.4 is 5.32 Å². The fourth-order valence-electron chi connectivity index (χ4n) is 3.51. The molecule has 0 saturated carbocycles. The maximum Gasteiger partial charge on any atom is 0.272 e. The second-order valence-corrected chi connectivity index (χ2v) is 7.13. The molecule has 0 radical (unpaired) electrons. The standard InChI is InChI=1S/C21H29N5O2/c1-4-16-8-6-7-9-18(16)22-20(27)15-25-10-12-26(13-11-25)21(28)19-14-17(5-2)23-24(19)3/h6-9,14H,4-5,10-13,15H2,1-3H3,(H,22,27). The number of piperazine rings is 1. The summed E-state index contributed by atoms with van der Waals surface area (Å²) in [5.41, 5.74) is 3.56. The predicted octanol–water partition coefficient (Wildman–Crippen LogP) is 1.94. The highest BCUT2D eigenvalue weighted by atomic mass is 16.2. The average molecular weight is 383 g/mol. The fourth-order valence-corrected chi connectivity index (χ4v) is 3.51. The highest BCUT2D eigenvalue weighted by Crippen LogP contribution is 2.16. The number of hydrogen-bond acceptors (Lipinski definition) is 4. The third-order valence-corrected chi connectivity index (χ3v) is 5.21. The Morgan fingerprint density at radius 3 is 2.43 bits per heavy atom. The van der Waals surface area contributed by atoms with E-state index in [2.05, 4.69) is 22.2 Å². The smallest absolute Gasteiger partial charge is 0.272 e. The normalized spacial score (nSPS) is 14.9. The molecule has 28 heavy (non-hydrogen) atoms. The minimum absolute atomic E-state index is 0.00988. The third kappa shape index (κ3) is 4.59. The van der Waals surface area contributed by atoms with Gasteiger partial charge in [0.25, 0.3) is 5.91 Å². The van der Waals surface area contributed by atoms with Crippen LogP contribution in [0.15, 0.2) is 30.3 Å². The molecule has 1 saturated heterocycles. The van der Waals surface area contributed by atoms with Crippen LogP contribution in [0.2, 0.25) is 0 Å². The number of carbonyl (C=O) groups excluding carboxylic acids is 2. The highest BCUT2D eigenvalue weighted by Gasteiger charge is 2.25. The molecule has 2 aromatic rings. The Hall–Kier alpha value is -2.67. The number of para-hydroxylation sites is 1. The van der Waals surface area contributed by atoms with Gasteiger partial charge in [0, 0.05) is 38.9 Å². The number of nitrogens with one attached hydrogen (secondary N) is 1. The van der Waals surface area contributed by atoms with E-state index in [0.717, 1.165) is 29.8 Å². The van der Waals surface area contributed by atoms with Gasteiger partial charge in [0.05, 0.1) is 12.2 Å². The van der Waals surface area contributed by atoms with Crippen molar-refractivity contribution >= 4 is 17.5 Å². The monoisotopic (exact) mass is 383 g/mol. The second-order valence-electron chi connectivity index (χ2n) is 7.13. The topological polar surface area (TPSA) is 70.5 Å². The van der Waals surface area contributed by atoms with Gasteiger partial charge in [-0.05, 0) is 30.5 Å². The molecule has 1 fully saturated rings. The molecule has 0 bridgehead atoms. The third-order valence-electron chi connectivity index (χ3n) is 5.21. The summed E-state index contributed by atoms with van der Waals surface area (Å²) >= 11 is 0. The summed E-state index contributed by atoms with van der Waals surface area (Å²) in [5.74, 6) is -0.00410. The zero-order chi connectivity index (χ0) is 20.1. The number of aryl methyl sites for hydroxylation is 3. The zero-order valence-electron chi connectivity index (χ0n) is 16.9. The molecule has 7 nitrogen and oxygen atoms in total. The van der Waals surface area contributed by atoms with Gasteiger partial charge in [-0.2, -0.15) is 5.10 Å². The predicted molar refractivity (Wildman–Crippen MR) is 109 cm³/mol. The van der Waals surface area contributed by atoms with Crippen molar-refractivity contribution in [3.63, 3.8) is 0 Å². The van der Waals surface area contributed by atoms with E-state index in [9.17, 15) is 9.59 Å². The van der Waals surface area contributed by atoms with Crippen molar-refractivity contribution in [2.45, 2.75) is 26.7 Å². The zero-order valence-corrected chi connectivity index (χ0v) is 16.9. The molecule has 1 aliphatic heterocycles. The first-order valence-electron chi connectivity index (χ1n) is 9.94. The van der Waals surface area contributed by atoms with E-state index >= 15 is 0 Å². The minimum atomic E-state index is -0.0140. The van der Waals surface area contributed by atoms with Crippen LogP contribution in [-0.2, 0) is 24.7 Å². The van der Waals surface area contributed by atoms with Gasteiger partial charge < -0.3 is 10.2 Å². The average Bonchev–Trinajstić information content (AvgIpc) is 3.09. The van der Waals surface area contributed by atoms with Gasteiger partial charge in [0.1, 0.15) is 5.69 Å². The van der Waals surface area contributed by atoms with Crippen LogP contribution in [0.25, 0.3) is 0 Å². The SMILES string of the molecule is CCc1cc(C(=O)N2CCN(CC(=O)Nc3ccccc3CC)CC2)n(C)n1. The van der Waals surface area contributed by atoms with Crippen LogP contribution in [0, 0.1) is 0 Å². The number of aromatic nitrogens is 2. The summed E-state index contributed by atoms with van der Waals surface area (Å²) in [6.45, 7) is 7.05. The first-order valence-corrected chi connectivity index (χ1v) is 9.94. The molecule has 2 heterocycles. The van der Waals surface area contributed by atoms with Gasteiger partial charge in [0.2, 0.25) is 5.91 Å². The van der Waals surface area contributed by atoms with Crippen LogP contribution in [0.1, 0.15) is 35.6 Å². The van der Waals surface area contributed by atoms with Crippen LogP contribution in [0.5, 0.6) is 0 Å². The molecule has 0 atom stereocenters. The first-order chi connectivity index (χ1) is 13.5. The lowest BCUT2D eigenvalue weighted by atomic mass is 10.1. The first kappa shape index (κ1) is 20.1. The number of carbonyl (C=O) groups is 2. The van der Waals surface area contributed by atoms with Crippen LogP contribution >= 0.6 is 0 Å². The summed E-state index contributed by atoms with van der Waals surface area (Å²) in [4.78, 5) is 29.1. The molecule has 1 aromatic carbocycles. The number of anilines is 1. The largest absolute Gasteiger partial charge is 0.335 e. The van der Waals surface area contributed by atoms with Crippen molar-refractivity contribution < 1.29 is 9.59 Å². The Morgan fingerprint density at radius 2 is 1.79 bits per heavy atom. The number of benzene rings is 1. The molecule has 1 N–H and O–H groups in total. The van der Waals surface area contributed by atoms with E-state index < -0.39 is 0 Å². The summed E-state index contributed by atoms with van der Waals surface area (Å²) in [6, 6.07) is 9.75. The van der Waals surface area contributed by atoms with Gasteiger partial charge in [-0.25, -0.2) is 0 Å². The quantitative estimate of drug-likeness (QED) is 0.828. The minimum Gasteiger partial charge on any atom is -0.335 e. The summed E-state index contributed by atoms with van der Waals surface area (Å²) in [5, 5.41) is 7.37. The van der Waals surface area contributed by atoms with Gasteiger partial charge in [-0.15, -0.1) is 0 Å². The van der Waals surface area contributed by atoms with Gasteiger partial charge >= 0.3 is 0 Å². The van der Waals surface area contributed by atoms with Crippen molar-refractivity contribution in [3.05, 3.63) is 47.3 Å². The molecular formula is C21H29N5O2. The molecule has 1 aromatic heterocycles. The van der Waals surface area contributed by atoms with E-state index in [1.54, 1.807) is 11.7 Å². The lowest BCUT2D eigenvalue weighted by Crippen LogP contribution is -2.50. The molecule has 3 rings (SSSR count). The lowest BCUT2D eigenvalue weighted by Gasteiger charge is -2.34. The Balaban J connectivity index is 1.51. The van der Waals surface area contributed by atoms with Crippen molar-refractivity contribution in [1.82, 2.24) is 19.6 Å². The maximum absolute atomic E-state index is 12.8. The van der Waals surface area contributed by atoms with Crippen molar-refractivity contribution in [2.24, 2.45) is 7.05 Å². The molecule has 1 aliphatic rings. The summed E-state index contributed by atoms with van der Waals surface area (Å²) in [6.07, 6.45) is 1.69. The molecule has 7 heteroatoms. The number of nitrogens with zero attached hydrogens (tertiary/aromatic N) is 4. The summed E-state index contributed by atoms with van der Waals surface area (Å²) < 4.78 is 1.66. The van der Waals surface area contributed by atoms with Crippen molar-refractivity contribution in [2.75, 3.05) is 38.0 Å². The molecule has 2 amide bonds. The van der Waals surface area contributed by atoms with Crippen LogP contribution in [0.4, 0.5) is 5.69 Å². The fraction of sp³-hybridized carbons (Fsp3) is 0.476. The molecule has 0 aliphatic carbocycles. The van der Waals surface area contributed by atoms with E-state index in [0.29, 0.717) is 38.4 Å². The number of rotatable bonds is 6. The molecule has 150 valence electrons. The van der Waals surface area contributed by atoms with Crippen molar-refractivity contribution in [1.29, 1.82) is 0 Å². The Morgan fingerprint density at radius 1 is 1.07 bits per heavy atom. The van der Waals surface area contributed by atoms with Crippen LogP contribution in [0.3, 0.4) is 0 Å². The molecule has 0 unspecified atom stereocenters. The highest BCUT2D eigenvalue weighted by molar-refractivity contribution is 5.93. The van der Waals surface area contributed by atoms with Gasteiger partial charge in [-0.3, -0.25) is 19.2 Å². The number of amides is 2. The van der Waals surface area contributed by atoms with Crippen molar-refractivity contribution in [3.8, 4) is 0 Å². The van der Waals surface area contributed by atoms with Crippen LogP contribution in [-0.4, -0.2) is 64.1 Å². The van der Waals surface area contributed by atoms with E-state index in [4.69, 9.17) is 0 Å². The van der Waals surface area contributed by atoms with Gasteiger partial charge in [0.15, 0.2) is 0 Å². The number of hydrogen-bond donors (Lipinski definition) is 1. The maximum atomic E-state index is 12.8. The van der Waals surface area contributed by atoms with E-state index in [1.165, 1.54) is 0 Å². The Labute approximate surface area is 166 Å². The second kappa shape index (κ2) is 9.01. The van der Waals surface area contributed by atoms with E-state index in [1.807, 2.05) is 42.2 Å². The van der Waals surface area contributed by atoms with E-state index in [-0.39, 0.29) is 11.8 Å². The molecule has 0 spiro atoms.